The monoisotopic (exact) mass is 521 g/mol. The number of hydrogen-bond acceptors (Lipinski definition) is 5. The van der Waals surface area contributed by atoms with E-state index in [-0.39, 0.29) is 24.8 Å². The van der Waals surface area contributed by atoms with Crippen molar-refractivity contribution in [1.29, 1.82) is 0 Å². The van der Waals surface area contributed by atoms with E-state index in [0.29, 0.717) is 12.2 Å². The summed E-state index contributed by atoms with van der Waals surface area (Å²) in [4.78, 5) is 32.9. The number of carbonyl (C=O) groups is 2. The Morgan fingerprint density at radius 1 is 0.897 bits per heavy atom. The Kier molecular flexibility index (Phi) is 6.85. The van der Waals surface area contributed by atoms with Crippen LogP contribution in [0, 0.1) is 5.92 Å². The van der Waals surface area contributed by atoms with Crippen molar-refractivity contribution in [3.05, 3.63) is 103 Å². The highest BCUT2D eigenvalue weighted by molar-refractivity contribution is 6.10. The summed E-state index contributed by atoms with van der Waals surface area (Å²) in [5.74, 6) is -1.67. The van der Waals surface area contributed by atoms with Crippen molar-refractivity contribution < 1.29 is 14.7 Å². The summed E-state index contributed by atoms with van der Waals surface area (Å²) in [5, 5.41) is 19.7. The normalized spacial score (nSPS) is 18.7. The zero-order chi connectivity index (χ0) is 26.8. The van der Waals surface area contributed by atoms with Crippen LogP contribution in [0.15, 0.2) is 91.3 Å². The molecule has 39 heavy (non-hydrogen) atoms. The summed E-state index contributed by atoms with van der Waals surface area (Å²) in [7, 11) is 0. The fourth-order valence-corrected chi connectivity index (χ4v) is 5.57. The number of nitrogens with one attached hydrogen (secondary N) is 1. The van der Waals surface area contributed by atoms with E-state index < -0.39 is 12.1 Å². The molecule has 2 aliphatic heterocycles. The van der Waals surface area contributed by atoms with E-state index in [0.717, 1.165) is 41.5 Å². The molecule has 0 saturated carbocycles. The molecule has 0 saturated heterocycles. The number of fused-ring (bicyclic) bond motifs is 2. The van der Waals surface area contributed by atoms with Crippen LogP contribution in [0.4, 0.5) is 11.4 Å². The number of aromatic amines is 1. The van der Waals surface area contributed by atoms with Gasteiger partial charge in [-0.2, -0.15) is 5.10 Å². The maximum absolute atomic E-state index is 14.0. The molecule has 3 aromatic carbocycles. The van der Waals surface area contributed by atoms with Crippen molar-refractivity contribution in [1.82, 2.24) is 15.1 Å². The van der Waals surface area contributed by atoms with Crippen molar-refractivity contribution in [3.8, 4) is 0 Å². The Morgan fingerprint density at radius 2 is 1.67 bits per heavy atom. The summed E-state index contributed by atoms with van der Waals surface area (Å²) in [6.45, 7) is 0.738. The van der Waals surface area contributed by atoms with Gasteiger partial charge < -0.3 is 14.9 Å². The number of para-hydroxylation sites is 3. The second kappa shape index (κ2) is 10.7. The van der Waals surface area contributed by atoms with Crippen molar-refractivity contribution in [2.45, 2.75) is 31.9 Å². The highest BCUT2D eigenvalue weighted by Crippen LogP contribution is 2.29. The van der Waals surface area contributed by atoms with E-state index in [1.165, 1.54) is 15.4 Å². The number of amides is 2. The molecule has 0 fully saturated rings. The first-order chi connectivity index (χ1) is 19.1. The molecule has 0 aliphatic carbocycles. The van der Waals surface area contributed by atoms with Gasteiger partial charge in [0.05, 0.1) is 12.1 Å². The third kappa shape index (κ3) is 4.91. The van der Waals surface area contributed by atoms with Crippen molar-refractivity contribution in [2.75, 3.05) is 22.9 Å². The molecule has 8 heteroatoms. The third-order valence-electron chi connectivity index (χ3n) is 7.61. The van der Waals surface area contributed by atoms with Gasteiger partial charge in [-0.3, -0.25) is 19.6 Å². The van der Waals surface area contributed by atoms with Crippen LogP contribution < -0.4 is 9.80 Å². The molecule has 4 aromatic rings. The molecule has 2 aliphatic rings. The molecule has 0 radical (unpaired) electrons. The number of anilines is 2. The van der Waals surface area contributed by atoms with Gasteiger partial charge in [0.1, 0.15) is 12.1 Å². The fourth-order valence-electron chi connectivity index (χ4n) is 5.57. The van der Waals surface area contributed by atoms with Crippen molar-refractivity contribution in [3.63, 3.8) is 0 Å². The van der Waals surface area contributed by atoms with E-state index in [2.05, 4.69) is 16.3 Å². The Bertz CT molecular complexity index is 1510. The average Bonchev–Trinajstić information content (AvgIpc) is 3.19. The molecule has 2 N–H and O–H groups in total. The van der Waals surface area contributed by atoms with Crippen LogP contribution in [-0.4, -0.2) is 51.3 Å². The number of nitrogens with zero attached hydrogens (tertiary/aromatic N) is 4. The van der Waals surface area contributed by atoms with E-state index in [4.69, 9.17) is 0 Å². The number of H-pyrrole nitrogens is 1. The number of carbonyl (C=O) groups excluding carboxylic acids is 2. The molecule has 1 aromatic heterocycles. The molecule has 8 nitrogen and oxygen atoms in total. The predicted octanol–water partition coefficient (Wildman–Crippen LogP) is 4.23. The van der Waals surface area contributed by atoms with Gasteiger partial charge >= 0.3 is 0 Å². The van der Waals surface area contributed by atoms with Gasteiger partial charge in [0, 0.05) is 47.8 Å². The SMILES string of the molecule is O=C1C(Cc2[nH]nc3ccccc23)C(=O)N(c2ccccc2)C=CN1CC(O)N1CCCCc2ccccc21. The number of rotatable bonds is 6. The largest absolute Gasteiger partial charge is 0.372 e. The van der Waals surface area contributed by atoms with Crippen LogP contribution in [0.3, 0.4) is 0 Å². The first-order valence-electron chi connectivity index (χ1n) is 13.4. The molecule has 3 heterocycles. The lowest BCUT2D eigenvalue weighted by Crippen LogP contribution is -2.47. The molecule has 2 amide bonds. The molecule has 2 atom stereocenters. The lowest BCUT2D eigenvalue weighted by Gasteiger charge is -2.33. The second-order valence-electron chi connectivity index (χ2n) is 10.1. The lowest BCUT2D eigenvalue weighted by molar-refractivity contribution is -0.139. The third-order valence-corrected chi connectivity index (χ3v) is 7.61. The van der Waals surface area contributed by atoms with Crippen molar-refractivity contribution in [2.24, 2.45) is 5.92 Å². The topological polar surface area (TPSA) is 92.8 Å². The molecule has 0 bridgehead atoms. The van der Waals surface area contributed by atoms with Crippen LogP contribution in [0.1, 0.15) is 24.1 Å². The maximum Gasteiger partial charge on any atom is 0.244 e. The van der Waals surface area contributed by atoms with Crippen LogP contribution in [0.25, 0.3) is 10.9 Å². The molecular weight excluding hydrogens is 490 g/mol. The fraction of sp³-hybridized carbons (Fsp3) is 0.258. The highest BCUT2D eigenvalue weighted by atomic mass is 16.3. The Hall–Kier alpha value is -4.43. The molecule has 198 valence electrons. The number of aliphatic hydroxyl groups is 1. The smallest absolute Gasteiger partial charge is 0.244 e. The molecule has 6 rings (SSSR count). The van der Waals surface area contributed by atoms with Gasteiger partial charge in [-0.25, -0.2) is 0 Å². The first-order valence-corrected chi connectivity index (χ1v) is 13.4. The van der Waals surface area contributed by atoms with Crippen LogP contribution in [-0.2, 0) is 22.4 Å². The molecular formula is C31H31N5O3. The Balaban J connectivity index is 1.32. The minimum atomic E-state index is -0.993. The maximum atomic E-state index is 14.0. The lowest BCUT2D eigenvalue weighted by atomic mass is 9.98. The van der Waals surface area contributed by atoms with Gasteiger partial charge in [0.15, 0.2) is 0 Å². The second-order valence-corrected chi connectivity index (χ2v) is 10.1. The Labute approximate surface area is 227 Å². The zero-order valence-electron chi connectivity index (χ0n) is 21.6. The minimum Gasteiger partial charge on any atom is -0.372 e. The zero-order valence-corrected chi connectivity index (χ0v) is 21.6. The van der Waals surface area contributed by atoms with E-state index in [1.807, 2.05) is 77.7 Å². The standard InChI is InChI=1S/C31H31N5O3/c37-29(36-17-9-8-11-22-10-4-7-16-28(22)36)21-34-18-19-35(23-12-2-1-3-13-23)31(39)25(30(34)38)20-27-24-14-5-6-15-26(24)32-33-27/h1-7,10,12-16,18-19,25,29,37H,8-9,11,17,20-21H2,(H,32,33). The van der Waals surface area contributed by atoms with E-state index in [9.17, 15) is 14.7 Å². The molecule has 0 spiro atoms. The van der Waals surface area contributed by atoms with Crippen LogP contribution in [0.5, 0.6) is 0 Å². The van der Waals surface area contributed by atoms with Crippen LogP contribution >= 0.6 is 0 Å². The number of β-amino-alcohol motifs (C(OH)–C–C–N with tert-alkyl or cyclic N) is 1. The number of aromatic nitrogens is 2. The number of aliphatic hydroxyl groups excluding tert-OH is 1. The molecule has 2 unspecified atom stereocenters. The van der Waals surface area contributed by atoms with Gasteiger partial charge in [-0.05, 0) is 49.1 Å². The van der Waals surface area contributed by atoms with Crippen LogP contribution in [0.2, 0.25) is 0 Å². The Morgan fingerprint density at radius 3 is 2.54 bits per heavy atom. The summed E-state index contributed by atoms with van der Waals surface area (Å²) in [6, 6.07) is 25.0. The van der Waals surface area contributed by atoms with Crippen molar-refractivity contribution >= 4 is 34.1 Å². The number of hydrogen-bond donors (Lipinski definition) is 2. The van der Waals surface area contributed by atoms with Gasteiger partial charge in [-0.1, -0.05) is 54.6 Å². The highest BCUT2D eigenvalue weighted by Gasteiger charge is 2.38. The van der Waals surface area contributed by atoms with Gasteiger partial charge in [0.25, 0.3) is 0 Å². The quantitative estimate of drug-likeness (QED) is 0.371. The summed E-state index contributed by atoms with van der Waals surface area (Å²) < 4.78 is 0. The summed E-state index contributed by atoms with van der Waals surface area (Å²) in [5.41, 5.74) is 4.38. The summed E-state index contributed by atoms with van der Waals surface area (Å²) >= 11 is 0. The first kappa shape index (κ1) is 24.9. The number of benzene rings is 3. The minimum absolute atomic E-state index is 0.0415. The van der Waals surface area contributed by atoms with Gasteiger partial charge in [0.2, 0.25) is 11.8 Å². The average molecular weight is 522 g/mol. The van der Waals surface area contributed by atoms with Gasteiger partial charge in [-0.15, -0.1) is 0 Å². The predicted molar refractivity (Wildman–Crippen MR) is 151 cm³/mol. The van der Waals surface area contributed by atoms with E-state index >= 15 is 0 Å². The summed E-state index contributed by atoms with van der Waals surface area (Å²) in [6.07, 6.45) is 5.44. The number of aryl methyl sites for hydroxylation is 1. The van der Waals surface area contributed by atoms with E-state index in [1.54, 1.807) is 12.4 Å².